The maximum absolute atomic E-state index is 12.9. The molecule has 4 aromatic rings. The highest BCUT2D eigenvalue weighted by atomic mass is 35.5. The third-order valence-corrected chi connectivity index (χ3v) is 7.14. The third kappa shape index (κ3) is 4.18. The van der Waals surface area contributed by atoms with Crippen molar-refractivity contribution in [3.05, 3.63) is 106 Å². The van der Waals surface area contributed by atoms with Gasteiger partial charge in [-0.2, -0.15) is 0 Å². The number of nitrogens with zero attached hydrogens (tertiary/aromatic N) is 1. The Morgan fingerprint density at radius 3 is 2.31 bits per heavy atom. The van der Waals surface area contributed by atoms with Gasteiger partial charge in [0.1, 0.15) is 17.7 Å². The number of hydrogen-bond donors (Lipinski definition) is 0. The van der Waals surface area contributed by atoms with Gasteiger partial charge in [-0.25, -0.2) is 0 Å². The fraction of sp³-hybridized carbons (Fsp3) is 0.115. The molecule has 1 heterocycles. The van der Waals surface area contributed by atoms with Gasteiger partial charge in [0.25, 0.3) is 0 Å². The van der Waals surface area contributed by atoms with Crippen molar-refractivity contribution in [1.82, 2.24) is 0 Å². The zero-order valence-corrected chi connectivity index (χ0v) is 19.3. The molecule has 0 saturated carbocycles. The molecule has 5 rings (SSSR count). The van der Waals surface area contributed by atoms with E-state index in [1.807, 2.05) is 71.6 Å². The summed E-state index contributed by atoms with van der Waals surface area (Å²) in [4.78, 5) is 14.8. The highest BCUT2D eigenvalue weighted by molar-refractivity contribution is 8.00. The van der Waals surface area contributed by atoms with Crippen LogP contribution in [-0.4, -0.2) is 11.7 Å². The molecule has 1 saturated heterocycles. The molecule has 160 valence electrons. The van der Waals surface area contributed by atoms with Crippen molar-refractivity contribution in [2.24, 2.45) is 0 Å². The summed E-state index contributed by atoms with van der Waals surface area (Å²) in [5.41, 5.74) is 2.85. The zero-order chi connectivity index (χ0) is 22.1. The molecule has 0 bridgehead atoms. The van der Waals surface area contributed by atoms with Crippen LogP contribution in [0.1, 0.15) is 16.5 Å². The van der Waals surface area contributed by atoms with E-state index >= 15 is 0 Å². The number of hydrogen-bond acceptors (Lipinski definition) is 3. The normalized spacial score (nSPS) is 16.0. The Kier molecular flexibility index (Phi) is 6.01. The van der Waals surface area contributed by atoms with E-state index in [-0.39, 0.29) is 11.3 Å². The first-order valence-electron chi connectivity index (χ1n) is 10.2. The third-order valence-electron chi connectivity index (χ3n) is 5.46. The first-order valence-corrected chi connectivity index (χ1v) is 12.0. The first-order chi connectivity index (χ1) is 15.6. The van der Waals surface area contributed by atoms with E-state index in [0.717, 1.165) is 33.3 Å². The van der Waals surface area contributed by atoms with E-state index in [1.165, 1.54) is 0 Å². The van der Waals surface area contributed by atoms with Crippen molar-refractivity contribution in [2.75, 3.05) is 10.7 Å². The van der Waals surface area contributed by atoms with E-state index in [4.69, 9.17) is 27.9 Å². The minimum atomic E-state index is -0.199. The Balaban J connectivity index is 1.57. The van der Waals surface area contributed by atoms with Crippen molar-refractivity contribution in [2.45, 2.75) is 12.0 Å². The fourth-order valence-corrected chi connectivity index (χ4v) is 5.41. The summed E-state index contributed by atoms with van der Waals surface area (Å²) in [6.45, 7) is 0.411. The summed E-state index contributed by atoms with van der Waals surface area (Å²) < 4.78 is 6.31. The molecular weight excluding hydrogens is 461 g/mol. The number of carbonyl (C=O) groups excluding carboxylic acids is 1. The monoisotopic (exact) mass is 479 g/mol. The number of anilines is 1. The number of fused-ring (bicyclic) bond motifs is 1. The number of benzene rings is 4. The van der Waals surface area contributed by atoms with Crippen LogP contribution in [0.3, 0.4) is 0 Å². The van der Waals surface area contributed by atoms with Crippen molar-refractivity contribution < 1.29 is 9.53 Å². The smallest absolute Gasteiger partial charge is 0.238 e. The van der Waals surface area contributed by atoms with Crippen LogP contribution in [0.4, 0.5) is 5.69 Å². The number of ether oxygens (including phenoxy) is 1. The molecule has 0 radical (unpaired) electrons. The number of rotatable bonds is 5. The van der Waals surface area contributed by atoms with E-state index in [1.54, 1.807) is 11.8 Å². The molecule has 1 fully saturated rings. The number of thioether (sulfide) groups is 1. The molecule has 0 spiro atoms. The van der Waals surface area contributed by atoms with Crippen LogP contribution in [0.2, 0.25) is 10.0 Å². The zero-order valence-electron chi connectivity index (χ0n) is 17.0. The van der Waals surface area contributed by atoms with Gasteiger partial charge in [0.15, 0.2) is 0 Å². The van der Waals surface area contributed by atoms with Gasteiger partial charge in [0.05, 0.1) is 5.75 Å². The minimum absolute atomic E-state index is 0.0684. The molecule has 4 aromatic carbocycles. The maximum Gasteiger partial charge on any atom is 0.238 e. The second-order valence-electron chi connectivity index (χ2n) is 7.52. The van der Waals surface area contributed by atoms with Crippen molar-refractivity contribution in [1.29, 1.82) is 0 Å². The molecule has 3 nitrogen and oxygen atoms in total. The van der Waals surface area contributed by atoms with Gasteiger partial charge in [0.2, 0.25) is 5.91 Å². The number of amides is 1. The first kappa shape index (κ1) is 21.2. The second-order valence-corrected chi connectivity index (χ2v) is 9.46. The number of carbonyl (C=O) groups is 1. The lowest BCUT2D eigenvalue weighted by Gasteiger charge is -2.27. The summed E-state index contributed by atoms with van der Waals surface area (Å²) in [6.07, 6.45) is 0. The van der Waals surface area contributed by atoms with E-state index in [0.29, 0.717) is 22.4 Å². The second kappa shape index (κ2) is 9.07. The van der Waals surface area contributed by atoms with Gasteiger partial charge in [-0.1, -0.05) is 65.7 Å². The van der Waals surface area contributed by atoms with Crippen molar-refractivity contribution in [3.63, 3.8) is 0 Å². The Bertz CT molecular complexity index is 1280. The van der Waals surface area contributed by atoms with Crippen LogP contribution in [-0.2, 0) is 11.4 Å². The Labute approximate surface area is 200 Å². The molecule has 1 aliphatic heterocycles. The Morgan fingerprint density at radius 2 is 1.56 bits per heavy atom. The summed E-state index contributed by atoms with van der Waals surface area (Å²) in [5, 5.41) is 3.32. The van der Waals surface area contributed by atoms with Crippen LogP contribution in [0.15, 0.2) is 84.9 Å². The van der Waals surface area contributed by atoms with Crippen LogP contribution >= 0.6 is 35.0 Å². The summed E-state index contributed by atoms with van der Waals surface area (Å²) in [6, 6.07) is 27.3. The quantitative estimate of drug-likeness (QED) is 0.296. The molecule has 0 aromatic heterocycles. The van der Waals surface area contributed by atoms with Crippen LogP contribution in [0.25, 0.3) is 10.8 Å². The standard InChI is InChI=1S/C26H19Cl2NO2S/c27-19-8-5-17(6-9-19)15-31-23-14-7-18-3-1-2-4-22(18)25(23)26-29(24(30)16-32-26)21-12-10-20(28)11-13-21/h1-14,26H,15-16H2/t26-/m1/s1. The van der Waals surface area contributed by atoms with Crippen LogP contribution in [0, 0.1) is 0 Å². The maximum atomic E-state index is 12.9. The largest absolute Gasteiger partial charge is 0.488 e. The molecule has 0 aliphatic carbocycles. The molecule has 1 aliphatic rings. The van der Waals surface area contributed by atoms with Gasteiger partial charge < -0.3 is 4.74 Å². The van der Waals surface area contributed by atoms with Crippen molar-refractivity contribution in [3.8, 4) is 5.75 Å². The van der Waals surface area contributed by atoms with Gasteiger partial charge in [-0.3, -0.25) is 9.69 Å². The lowest BCUT2D eigenvalue weighted by Crippen LogP contribution is -2.28. The molecule has 1 amide bonds. The molecule has 0 unspecified atom stereocenters. The summed E-state index contributed by atoms with van der Waals surface area (Å²) >= 11 is 13.7. The highest BCUT2D eigenvalue weighted by Crippen LogP contribution is 2.47. The van der Waals surface area contributed by atoms with Gasteiger partial charge in [-0.15, -0.1) is 11.8 Å². The lowest BCUT2D eigenvalue weighted by molar-refractivity contribution is -0.115. The predicted octanol–water partition coefficient (Wildman–Crippen LogP) is 7.50. The van der Waals surface area contributed by atoms with Crippen molar-refractivity contribution >= 4 is 57.3 Å². The fourth-order valence-electron chi connectivity index (χ4n) is 3.92. The Hall–Kier alpha value is -2.66. The average molecular weight is 480 g/mol. The molecule has 1 atom stereocenters. The van der Waals surface area contributed by atoms with Gasteiger partial charge >= 0.3 is 0 Å². The SMILES string of the molecule is O=C1CS[C@H](c2c(OCc3ccc(Cl)cc3)ccc3ccccc23)N1c1ccc(Cl)cc1. The molecule has 32 heavy (non-hydrogen) atoms. The van der Waals surface area contributed by atoms with Crippen LogP contribution in [0.5, 0.6) is 5.75 Å². The predicted molar refractivity (Wildman–Crippen MR) is 134 cm³/mol. The van der Waals surface area contributed by atoms with Crippen LogP contribution < -0.4 is 9.64 Å². The van der Waals surface area contributed by atoms with E-state index < -0.39 is 0 Å². The van der Waals surface area contributed by atoms with Gasteiger partial charge in [-0.05, 0) is 58.8 Å². The lowest BCUT2D eigenvalue weighted by atomic mass is 10.0. The summed E-state index contributed by atoms with van der Waals surface area (Å²) in [5.74, 6) is 1.25. The van der Waals surface area contributed by atoms with E-state index in [2.05, 4.69) is 18.2 Å². The minimum Gasteiger partial charge on any atom is -0.488 e. The topological polar surface area (TPSA) is 29.5 Å². The average Bonchev–Trinajstić information content (AvgIpc) is 3.19. The van der Waals surface area contributed by atoms with Gasteiger partial charge in [0, 0.05) is 21.3 Å². The molecule has 0 N–H and O–H groups in total. The molecular formula is C26H19Cl2NO2S. The number of halogens is 2. The molecule has 6 heteroatoms. The summed E-state index contributed by atoms with van der Waals surface area (Å²) in [7, 11) is 0. The van der Waals surface area contributed by atoms with E-state index in [9.17, 15) is 4.79 Å². The highest BCUT2D eigenvalue weighted by Gasteiger charge is 2.36. The Morgan fingerprint density at radius 1 is 0.875 bits per heavy atom.